The van der Waals surface area contributed by atoms with E-state index in [0.29, 0.717) is 11.1 Å². The Hall–Kier alpha value is -1.94. The van der Waals surface area contributed by atoms with Crippen molar-refractivity contribution in [3.05, 3.63) is 58.4 Å². The van der Waals surface area contributed by atoms with Crippen molar-refractivity contribution < 1.29 is 9.59 Å². The number of allylic oxidation sites excluding steroid dienone is 2. The normalized spacial score (nSPS) is 20.7. The van der Waals surface area contributed by atoms with Crippen LogP contribution in [0.25, 0.3) is 0 Å². The highest BCUT2D eigenvalue weighted by Gasteiger charge is 2.43. The molecular weight excluding hydrogens is 290 g/mol. The van der Waals surface area contributed by atoms with E-state index in [9.17, 15) is 9.59 Å². The number of rotatable bonds is 2. The summed E-state index contributed by atoms with van der Waals surface area (Å²) in [4.78, 5) is 27.1. The molecule has 0 spiro atoms. The number of imide groups is 1. The lowest BCUT2D eigenvalue weighted by molar-refractivity contribution is 0.0711. The van der Waals surface area contributed by atoms with Gasteiger partial charge in [0.1, 0.15) is 0 Å². The highest BCUT2D eigenvalue weighted by Crippen LogP contribution is 2.39. The monoisotopic (exact) mass is 311 g/mol. The van der Waals surface area contributed by atoms with Gasteiger partial charge in [0.15, 0.2) is 0 Å². The summed E-state index contributed by atoms with van der Waals surface area (Å²) < 4.78 is 0. The molecule has 1 aromatic carbocycles. The van der Waals surface area contributed by atoms with Gasteiger partial charge < -0.3 is 0 Å². The molecule has 3 nitrogen and oxygen atoms in total. The number of hydrogen-bond acceptors (Lipinski definition) is 2. The molecule has 22 heavy (non-hydrogen) atoms. The molecule has 3 rings (SSSR count). The minimum absolute atomic E-state index is 0.176. The first-order chi connectivity index (χ1) is 10.3. The number of fused-ring (bicyclic) bond motifs is 1. The summed E-state index contributed by atoms with van der Waals surface area (Å²) in [5, 5.41) is 0.959. The van der Waals surface area contributed by atoms with Gasteiger partial charge in [-0.2, -0.15) is 0 Å². The van der Waals surface area contributed by atoms with Gasteiger partial charge >= 0.3 is 0 Å². The summed E-state index contributed by atoms with van der Waals surface area (Å²) in [5.41, 5.74) is 3.28. The minimum atomic E-state index is -1.88. The third-order valence-electron chi connectivity index (χ3n) is 4.35. The summed E-state index contributed by atoms with van der Waals surface area (Å²) >= 11 is 0. The maximum atomic E-state index is 12.8. The molecule has 114 valence electrons. The summed E-state index contributed by atoms with van der Waals surface area (Å²) in [6.07, 6.45) is 2.95. The molecule has 1 aromatic rings. The summed E-state index contributed by atoms with van der Waals surface area (Å²) in [7, 11) is -1.88. The molecule has 0 unspecified atom stereocenters. The summed E-state index contributed by atoms with van der Waals surface area (Å²) in [5.74, 6) is -0.351. The van der Waals surface area contributed by atoms with Crippen LogP contribution < -0.4 is 0 Å². The van der Waals surface area contributed by atoms with E-state index in [1.165, 1.54) is 4.90 Å². The van der Waals surface area contributed by atoms with E-state index in [-0.39, 0.29) is 11.8 Å². The topological polar surface area (TPSA) is 37.4 Å². The lowest BCUT2D eigenvalue weighted by Crippen LogP contribution is -2.42. The van der Waals surface area contributed by atoms with Gasteiger partial charge in [0.2, 0.25) is 0 Å². The van der Waals surface area contributed by atoms with E-state index in [2.05, 4.69) is 26.2 Å². The van der Waals surface area contributed by atoms with Crippen molar-refractivity contribution in [1.82, 2.24) is 4.90 Å². The second-order valence-electron chi connectivity index (χ2n) is 7.03. The predicted molar refractivity (Wildman–Crippen MR) is 90.3 cm³/mol. The molecule has 0 N–H and O–H groups in total. The zero-order chi connectivity index (χ0) is 16.1. The summed E-state index contributed by atoms with van der Waals surface area (Å²) in [6.45, 7) is 10.7. The first-order valence-corrected chi connectivity index (χ1v) is 11.2. The quantitative estimate of drug-likeness (QED) is 0.607. The Balaban J connectivity index is 2.18. The maximum absolute atomic E-state index is 12.8. The van der Waals surface area contributed by atoms with Crippen molar-refractivity contribution in [3.63, 3.8) is 0 Å². The number of carbonyl (C=O) groups is 2. The molecule has 0 aromatic heterocycles. The first kappa shape index (κ1) is 15.0. The Morgan fingerprint density at radius 1 is 1.05 bits per heavy atom. The van der Waals surface area contributed by atoms with Gasteiger partial charge in [-0.25, -0.2) is 0 Å². The Labute approximate surface area is 132 Å². The SMILES string of the molecule is C=C1CCC/C1=C(\N1C(=O)c2ccccc2C1=O)[Si](C)(C)C. The third-order valence-corrected chi connectivity index (χ3v) is 6.29. The zero-order valence-electron chi connectivity index (χ0n) is 13.4. The second kappa shape index (κ2) is 5.06. The maximum Gasteiger partial charge on any atom is 0.265 e. The third kappa shape index (κ3) is 2.18. The van der Waals surface area contributed by atoms with E-state index in [0.717, 1.165) is 35.7 Å². The van der Waals surface area contributed by atoms with Crippen LogP contribution in [0.2, 0.25) is 19.6 Å². The van der Waals surface area contributed by atoms with Gasteiger partial charge in [0.25, 0.3) is 11.8 Å². The van der Waals surface area contributed by atoms with Crippen LogP contribution in [0.4, 0.5) is 0 Å². The average Bonchev–Trinajstić information content (AvgIpc) is 2.96. The molecular formula is C18H21NO2Si. The van der Waals surface area contributed by atoms with E-state index in [1.807, 2.05) is 12.1 Å². The fraction of sp³-hybridized carbons (Fsp3) is 0.333. The van der Waals surface area contributed by atoms with E-state index in [4.69, 9.17) is 0 Å². The van der Waals surface area contributed by atoms with Crippen LogP contribution in [0.3, 0.4) is 0 Å². The molecule has 4 heteroatoms. The molecule has 1 fully saturated rings. The van der Waals surface area contributed by atoms with Crippen LogP contribution >= 0.6 is 0 Å². The lowest BCUT2D eigenvalue weighted by atomic mass is 10.1. The zero-order valence-corrected chi connectivity index (χ0v) is 14.4. The molecule has 2 aliphatic rings. The fourth-order valence-corrected chi connectivity index (χ4v) is 5.49. The molecule has 0 radical (unpaired) electrons. The summed E-state index contributed by atoms with van der Waals surface area (Å²) in [6, 6.07) is 7.10. The molecule has 0 bridgehead atoms. The van der Waals surface area contributed by atoms with Crippen LogP contribution in [-0.2, 0) is 0 Å². The van der Waals surface area contributed by atoms with Crippen molar-refractivity contribution in [2.75, 3.05) is 0 Å². The van der Waals surface area contributed by atoms with Gasteiger partial charge in [-0.3, -0.25) is 14.5 Å². The minimum Gasteiger partial charge on any atom is -0.268 e. The van der Waals surface area contributed by atoms with Gasteiger partial charge in [0.05, 0.1) is 19.2 Å². The van der Waals surface area contributed by atoms with Crippen molar-refractivity contribution in [3.8, 4) is 0 Å². The van der Waals surface area contributed by atoms with Crippen LogP contribution in [0.15, 0.2) is 47.3 Å². The molecule has 0 atom stereocenters. The standard InChI is InChI=1S/C18H21NO2Si/c1-12-8-7-11-13(12)18(22(2,3)4)19-16(20)14-9-5-6-10-15(14)17(19)21/h5-6,9-10H,1,7-8,11H2,2-4H3/b18-13-. The Kier molecular flexibility index (Phi) is 3.44. The van der Waals surface area contributed by atoms with Crippen molar-refractivity contribution in [2.24, 2.45) is 0 Å². The molecule has 1 aliphatic carbocycles. The van der Waals surface area contributed by atoms with Gasteiger partial charge in [-0.1, -0.05) is 43.9 Å². The van der Waals surface area contributed by atoms with Crippen molar-refractivity contribution >= 4 is 19.9 Å². The Morgan fingerprint density at radius 2 is 1.59 bits per heavy atom. The number of nitrogens with zero attached hydrogens (tertiary/aromatic N) is 1. The first-order valence-electron chi connectivity index (χ1n) is 7.72. The average molecular weight is 311 g/mol. The van der Waals surface area contributed by atoms with Gasteiger partial charge in [0, 0.05) is 5.32 Å². The van der Waals surface area contributed by atoms with Gasteiger partial charge in [-0.05, 0) is 37.0 Å². The highest BCUT2D eigenvalue weighted by molar-refractivity contribution is 6.83. The number of benzene rings is 1. The van der Waals surface area contributed by atoms with Gasteiger partial charge in [-0.15, -0.1) is 0 Å². The molecule has 2 amide bonds. The second-order valence-corrected chi connectivity index (χ2v) is 12.0. The molecule has 1 aliphatic heterocycles. The molecule has 0 saturated heterocycles. The largest absolute Gasteiger partial charge is 0.268 e. The van der Waals surface area contributed by atoms with Crippen LogP contribution in [0, 0.1) is 0 Å². The lowest BCUT2D eigenvalue weighted by Gasteiger charge is -2.30. The highest BCUT2D eigenvalue weighted by atomic mass is 28.3. The van der Waals surface area contributed by atoms with E-state index in [1.54, 1.807) is 12.1 Å². The van der Waals surface area contributed by atoms with Crippen molar-refractivity contribution in [1.29, 1.82) is 0 Å². The van der Waals surface area contributed by atoms with Crippen LogP contribution in [-0.4, -0.2) is 24.8 Å². The molecule has 1 saturated carbocycles. The van der Waals surface area contributed by atoms with E-state index < -0.39 is 8.07 Å². The Bertz CT molecular complexity index is 690. The fourth-order valence-electron chi connectivity index (χ4n) is 3.41. The van der Waals surface area contributed by atoms with E-state index >= 15 is 0 Å². The molecule has 1 heterocycles. The van der Waals surface area contributed by atoms with Crippen LogP contribution in [0.5, 0.6) is 0 Å². The van der Waals surface area contributed by atoms with Crippen LogP contribution in [0.1, 0.15) is 40.0 Å². The number of carbonyl (C=O) groups excluding carboxylic acids is 2. The number of hydrogen-bond donors (Lipinski definition) is 0. The van der Waals surface area contributed by atoms with Crippen molar-refractivity contribution in [2.45, 2.75) is 38.9 Å². The number of amides is 2. The predicted octanol–water partition coefficient (Wildman–Crippen LogP) is 4.15. The Morgan fingerprint density at radius 3 is 2.00 bits per heavy atom. The smallest absolute Gasteiger partial charge is 0.265 e.